The van der Waals surface area contributed by atoms with Gasteiger partial charge in [-0.1, -0.05) is 11.6 Å². The van der Waals surface area contributed by atoms with E-state index < -0.39 is 6.10 Å². The minimum Gasteiger partial charge on any atom is -0.481 e. The first-order valence-electron chi connectivity index (χ1n) is 6.36. The van der Waals surface area contributed by atoms with E-state index in [-0.39, 0.29) is 5.91 Å². The average Bonchev–Trinajstić information content (AvgIpc) is 2.87. The number of hydrazone groups is 1. The first-order valence-corrected chi connectivity index (χ1v) is 7.55. The molecule has 2 aromatic rings. The number of benzene rings is 1. The van der Waals surface area contributed by atoms with Gasteiger partial charge in [0.05, 0.1) is 6.21 Å². The highest BCUT2D eigenvalue weighted by atomic mass is 35.5. The highest BCUT2D eigenvalue weighted by Gasteiger charge is 2.13. The average molecular weight is 323 g/mol. The zero-order valence-electron chi connectivity index (χ0n) is 11.7. The van der Waals surface area contributed by atoms with Crippen molar-refractivity contribution in [2.75, 3.05) is 0 Å². The molecule has 0 spiro atoms. The summed E-state index contributed by atoms with van der Waals surface area (Å²) in [5, 5.41) is 4.54. The Labute approximate surface area is 132 Å². The third-order valence-electron chi connectivity index (χ3n) is 2.62. The summed E-state index contributed by atoms with van der Waals surface area (Å²) in [6.45, 7) is 3.68. The van der Waals surface area contributed by atoms with Gasteiger partial charge in [-0.05, 0) is 50.2 Å². The van der Waals surface area contributed by atoms with Gasteiger partial charge >= 0.3 is 0 Å². The maximum Gasteiger partial charge on any atom is 0.280 e. The van der Waals surface area contributed by atoms with Crippen molar-refractivity contribution in [1.29, 1.82) is 0 Å². The lowest BCUT2D eigenvalue weighted by molar-refractivity contribution is -0.127. The van der Waals surface area contributed by atoms with E-state index in [0.29, 0.717) is 10.8 Å². The summed E-state index contributed by atoms with van der Waals surface area (Å²) in [6.07, 6.45) is 0.971. The number of carbonyl (C=O) groups excluding carboxylic acids is 1. The van der Waals surface area contributed by atoms with Crippen LogP contribution in [-0.2, 0) is 4.79 Å². The number of carbonyl (C=O) groups is 1. The molecule has 6 heteroatoms. The summed E-state index contributed by atoms with van der Waals surface area (Å²) in [4.78, 5) is 14.0. The maximum atomic E-state index is 11.8. The van der Waals surface area contributed by atoms with E-state index in [1.807, 2.05) is 19.1 Å². The number of hydrogen-bond acceptors (Lipinski definition) is 4. The molecule has 0 saturated heterocycles. The van der Waals surface area contributed by atoms with Crippen molar-refractivity contribution < 1.29 is 9.53 Å². The summed E-state index contributed by atoms with van der Waals surface area (Å²) in [6, 6.07) is 10.8. The smallest absolute Gasteiger partial charge is 0.280 e. The standard InChI is InChI=1S/C15H15ClN2O2S/c1-10-3-8-14(21-10)9-17-18-15(19)11(2)20-13-6-4-12(16)5-7-13/h3-9,11H,1-2H3,(H,18,19)/b17-9+. The summed E-state index contributed by atoms with van der Waals surface area (Å²) in [5.41, 5.74) is 2.46. The zero-order chi connectivity index (χ0) is 15.2. The van der Waals surface area contributed by atoms with Gasteiger partial charge in [-0.15, -0.1) is 11.3 Å². The number of ether oxygens (including phenoxy) is 1. The van der Waals surface area contributed by atoms with Crippen LogP contribution in [0.4, 0.5) is 0 Å². The van der Waals surface area contributed by atoms with Crippen molar-refractivity contribution in [3.05, 3.63) is 51.2 Å². The molecule has 1 aromatic carbocycles. The molecule has 1 N–H and O–H groups in total. The molecule has 2 rings (SSSR count). The van der Waals surface area contributed by atoms with Gasteiger partial charge in [-0.25, -0.2) is 5.43 Å². The number of amides is 1. The monoisotopic (exact) mass is 322 g/mol. The van der Waals surface area contributed by atoms with Gasteiger partial charge in [0.1, 0.15) is 5.75 Å². The summed E-state index contributed by atoms with van der Waals surface area (Å²) < 4.78 is 5.50. The molecule has 0 bridgehead atoms. The Morgan fingerprint density at radius 1 is 1.33 bits per heavy atom. The van der Waals surface area contributed by atoms with Gasteiger partial charge in [0, 0.05) is 14.8 Å². The maximum absolute atomic E-state index is 11.8. The molecule has 1 unspecified atom stereocenters. The lowest BCUT2D eigenvalue weighted by Crippen LogP contribution is -2.33. The van der Waals surface area contributed by atoms with E-state index in [1.165, 1.54) is 4.88 Å². The van der Waals surface area contributed by atoms with Crippen molar-refractivity contribution in [2.24, 2.45) is 5.10 Å². The van der Waals surface area contributed by atoms with Gasteiger partial charge in [-0.2, -0.15) is 5.10 Å². The molecule has 1 aromatic heterocycles. The van der Waals surface area contributed by atoms with Gasteiger partial charge < -0.3 is 4.74 Å². The summed E-state index contributed by atoms with van der Waals surface area (Å²) in [7, 11) is 0. The second kappa shape index (κ2) is 7.24. The molecule has 1 amide bonds. The quantitative estimate of drug-likeness (QED) is 0.675. The van der Waals surface area contributed by atoms with Crippen molar-refractivity contribution in [3.63, 3.8) is 0 Å². The fourth-order valence-electron chi connectivity index (χ4n) is 1.54. The van der Waals surface area contributed by atoms with Crippen LogP contribution < -0.4 is 10.2 Å². The molecule has 0 radical (unpaired) electrons. The Hall–Kier alpha value is -1.85. The molecule has 0 aliphatic carbocycles. The molecule has 4 nitrogen and oxygen atoms in total. The minimum absolute atomic E-state index is 0.311. The normalized spacial score (nSPS) is 12.3. The number of halogens is 1. The van der Waals surface area contributed by atoms with Gasteiger partial charge in [0.15, 0.2) is 6.10 Å². The topological polar surface area (TPSA) is 50.7 Å². The second-order valence-corrected chi connectivity index (χ2v) is 6.15. The number of rotatable bonds is 5. The van der Waals surface area contributed by atoms with Crippen LogP contribution in [0.5, 0.6) is 5.75 Å². The van der Waals surface area contributed by atoms with Crippen LogP contribution >= 0.6 is 22.9 Å². The van der Waals surface area contributed by atoms with E-state index in [4.69, 9.17) is 16.3 Å². The molecule has 0 fully saturated rings. The number of nitrogens with one attached hydrogen (secondary N) is 1. The van der Waals surface area contributed by atoms with E-state index in [9.17, 15) is 4.79 Å². The summed E-state index contributed by atoms with van der Waals surface area (Å²) >= 11 is 7.39. The van der Waals surface area contributed by atoms with Crippen LogP contribution in [-0.4, -0.2) is 18.2 Å². The molecule has 110 valence electrons. The third-order valence-corrected chi connectivity index (χ3v) is 3.81. The first kappa shape index (κ1) is 15.5. The highest BCUT2D eigenvalue weighted by molar-refractivity contribution is 7.13. The van der Waals surface area contributed by atoms with Crippen LogP contribution in [0, 0.1) is 6.92 Å². The fraction of sp³-hybridized carbons (Fsp3) is 0.200. The Morgan fingerprint density at radius 3 is 2.67 bits per heavy atom. The molecular formula is C15H15ClN2O2S. The first-order chi connectivity index (χ1) is 10.0. The van der Waals surface area contributed by atoms with Crippen molar-refractivity contribution in [2.45, 2.75) is 20.0 Å². The van der Waals surface area contributed by atoms with E-state index in [0.717, 1.165) is 4.88 Å². The highest BCUT2D eigenvalue weighted by Crippen LogP contribution is 2.16. The Bertz CT molecular complexity index is 637. The number of nitrogens with zero attached hydrogens (tertiary/aromatic N) is 1. The van der Waals surface area contributed by atoms with Crippen LogP contribution in [0.2, 0.25) is 5.02 Å². The largest absolute Gasteiger partial charge is 0.481 e. The molecule has 0 aliphatic heterocycles. The number of hydrogen-bond donors (Lipinski definition) is 1. The molecule has 0 aliphatic rings. The zero-order valence-corrected chi connectivity index (χ0v) is 13.2. The van der Waals surface area contributed by atoms with Crippen LogP contribution in [0.15, 0.2) is 41.5 Å². The van der Waals surface area contributed by atoms with Crippen LogP contribution in [0.25, 0.3) is 0 Å². The van der Waals surface area contributed by atoms with Gasteiger partial charge in [-0.3, -0.25) is 4.79 Å². The van der Waals surface area contributed by atoms with Crippen LogP contribution in [0.1, 0.15) is 16.7 Å². The predicted molar refractivity (Wildman–Crippen MR) is 86.3 cm³/mol. The van der Waals surface area contributed by atoms with Gasteiger partial charge in [0.25, 0.3) is 5.91 Å². The van der Waals surface area contributed by atoms with Crippen molar-refractivity contribution in [3.8, 4) is 5.75 Å². The lowest BCUT2D eigenvalue weighted by atomic mass is 10.3. The molecule has 1 heterocycles. The number of thiophene rings is 1. The number of aryl methyl sites for hydroxylation is 1. The Kier molecular flexibility index (Phi) is 5.36. The lowest BCUT2D eigenvalue weighted by Gasteiger charge is -2.12. The van der Waals surface area contributed by atoms with E-state index in [1.54, 1.807) is 48.7 Å². The minimum atomic E-state index is -0.645. The molecule has 1 atom stereocenters. The van der Waals surface area contributed by atoms with E-state index in [2.05, 4.69) is 10.5 Å². The summed E-state index contributed by atoms with van der Waals surface area (Å²) in [5.74, 6) is 0.273. The third kappa shape index (κ3) is 4.88. The van der Waals surface area contributed by atoms with Crippen LogP contribution in [0.3, 0.4) is 0 Å². The Morgan fingerprint density at radius 2 is 2.05 bits per heavy atom. The SMILES string of the molecule is Cc1ccc(/C=N/NC(=O)C(C)Oc2ccc(Cl)cc2)s1. The van der Waals surface area contributed by atoms with Crippen molar-refractivity contribution in [1.82, 2.24) is 5.43 Å². The fourth-order valence-corrected chi connectivity index (χ4v) is 2.42. The van der Waals surface area contributed by atoms with Crippen molar-refractivity contribution >= 4 is 35.1 Å². The molecular weight excluding hydrogens is 308 g/mol. The Balaban J connectivity index is 1.85. The van der Waals surface area contributed by atoms with E-state index >= 15 is 0 Å². The second-order valence-electron chi connectivity index (χ2n) is 4.40. The van der Waals surface area contributed by atoms with Gasteiger partial charge in [0.2, 0.25) is 0 Å². The predicted octanol–water partition coefficient (Wildman–Crippen LogP) is 3.63. The molecule has 0 saturated carbocycles. The molecule has 21 heavy (non-hydrogen) atoms.